The zero-order valence-electron chi connectivity index (χ0n) is 7.69. The minimum absolute atomic E-state index is 0.286. The van der Waals surface area contributed by atoms with Crippen molar-refractivity contribution in [2.75, 3.05) is 6.54 Å². The predicted molar refractivity (Wildman–Crippen MR) is 56.6 cm³/mol. The van der Waals surface area contributed by atoms with Crippen LogP contribution in [0.15, 0.2) is 18.2 Å². The third-order valence-electron chi connectivity index (χ3n) is 1.78. The molecule has 0 spiro atoms. The molecular formula is C11H11ClFN. The van der Waals surface area contributed by atoms with Crippen LogP contribution >= 0.6 is 11.6 Å². The number of hydrogen-bond acceptors (Lipinski definition) is 1. The van der Waals surface area contributed by atoms with E-state index in [0.717, 1.165) is 0 Å². The molecule has 3 heteroatoms. The van der Waals surface area contributed by atoms with Crippen molar-refractivity contribution in [1.82, 2.24) is 5.32 Å². The molecule has 1 N–H and O–H groups in total. The second-order valence-corrected chi connectivity index (χ2v) is 3.30. The summed E-state index contributed by atoms with van der Waals surface area (Å²) < 4.78 is 13.2. The average molecular weight is 212 g/mol. The highest BCUT2D eigenvalue weighted by atomic mass is 35.5. The van der Waals surface area contributed by atoms with Gasteiger partial charge in [-0.2, -0.15) is 0 Å². The summed E-state index contributed by atoms with van der Waals surface area (Å²) in [5, 5.41) is 3.45. The Morgan fingerprint density at radius 1 is 1.50 bits per heavy atom. The zero-order chi connectivity index (χ0) is 10.4. The standard InChI is InChI=1S/C11H11ClFN/c1-2-3-6-14-8-9-4-5-10(12)7-11(9)13/h1,4-5,7,14H,3,6,8H2. The maximum Gasteiger partial charge on any atom is 0.129 e. The largest absolute Gasteiger partial charge is 0.312 e. The van der Waals surface area contributed by atoms with Crippen LogP contribution in [-0.4, -0.2) is 6.54 Å². The summed E-state index contributed by atoms with van der Waals surface area (Å²) in [7, 11) is 0. The van der Waals surface area contributed by atoms with Crippen LogP contribution < -0.4 is 5.32 Å². The lowest BCUT2D eigenvalue weighted by Gasteiger charge is -2.04. The third-order valence-corrected chi connectivity index (χ3v) is 2.01. The Morgan fingerprint density at radius 3 is 2.93 bits per heavy atom. The fourth-order valence-corrected chi connectivity index (χ4v) is 1.21. The first-order valence-corrected chi connectivity index (χ1v) is 4.70. The molecule has 0 aliphatic rings. The van der Waals surface area contributed by atoms with Crippen LogP contribution in [0, 0.1) is 18.2 Å². The monoisotopic (exact) mass is 211 g/mol. The van der Waals surface area contributed by atoms with Gasteiger partial charge in [-0.15, -0.1) is 12.3 Å². The van der Waals surface area contributed by atoms with E-state index in [-0.39, 0.29) is 5.82 Å². The molecule has 0 fully saturated rings. The van der Waals surface area contributed by atoms with E-state index in [1.54, 1.807) is 12.1 Å². The Kier molecular flexibility index (Phi) is 4.45. The van der Waals surface area contributed by atoms with Crippen molar-refractivity contribution in [3.63, 3.8) is 0 Å². The van der Waals surface area contributed by atoms with Gasteiger partial charge in [0.1, 0.15) is 5.82 Å². The third kappa shape index (κ3) is 3.37. The minimum atomic E-state index is -0.286. The summed E-state index contributed by atoms with van der Waals surface area (Å²) in [6.45, 7) is 1.17. The summed E-state index contributed by atoms with van der Waals surface area (Å²) >= 11 is 5.61. The summed E-state index contributed by atoms with van der Waals surface area (Å²) in [6, 6.07) is 4.64. The lowest BCUT2D eigenvalue weighted by Crippen LogP contribution is -2.15. The molecule has 0 amide bonds. The van der Waals surface area contributed by atoms with Gasteiger partial charge in [0.15, 0.2) is 0 Å². The Hall–Kier alpha value is -1.04. The van der Waals surface area contributed by atoms with Crippen LogP contribution in [0.1, 0.15) is 12.0 Å². The number of benzene rings is 1. The predicted octanol–water partition coefficient (Wildman–Crippen LogP) is 2.59. The molecule has 0 radical (unpaired) electrons. The van der Waals surface area contributed by atoms with Crippen LogP contribution in [0.5, 0.6) is 0 Å². The van der Waals surface area contributed by atoms with Gasteiger partial charge in [-0.1, -0.05) is 17.7 Å². The molecule has 0 unspecified atom stereocenters. The van der Waals surface area contributed by atoms with Gasteiger partial charge >= 0.3 is 0 Å². The fraction of sp³-hybridized carbons (Fsp3) is 0.273. The number of terminal acetylenes is 1. The summed E-state index contributed by atoms with van der Waals surface area (Å²) in [6.07, 6.45) is 5.72. The van der Waals surface area contributed by atoms with Crippen molar-refractivity contribution in [1.29, 1.82) is 0 Å². The number of halogens is 2. The van der Waals surface area contributed by atoms with E-state index in [1.165, 1.54) is 6.07 Å². The number of nitrogens with one attached hydrogen (secondary N) is 1. The van der Waals surface area contributed by atoms with Crippen molar-refractivity contribution in [3.8, 4) is 12.3 Å². The van der Waals surface area contributed by atoms with Gasteiger partial charge in [-0.3, -0.25) is 0 Å². The van der Waals surface area contributed by atoms with Crippen LogP contribution in [0.3, 0.4) is 0 Å². The van der Waals surface area contributed by atoms with Gasteiger partial charge in [0.05, 0.1) is 0 Å². The van der Waals surface area contributed by atoms with E-state index in [2.05, 4.69) is 11.2 Å². The molecule has 0 aliphatic heterocycles. The van der Waals surface area contributed by atoms with E-state index in [9.17, 15) is 4.39 Å². The van der Waals surface area contributed by atoms with Gasteiger partial charge < -0.3 is 5.32 Å². The van der Waals surface area contributed by atoms with E-state index >= 15 is 0 Å². The Labute approximate surface area is 88.3 Å². The van der Waals surface area contributed by atoms with Crippen LogP contribution in [-0.2, 0) is 6.54 Å². The molecule has 74 valence electrons. The molecule has 0 bridgehead atoms. The van der Waals surface area contributed by atoms with Gasteiger partial charge in [0.2, 0.25) is 0 Å². The first-order chi connectivity index (χ1) is 6.74. The van der Waals surface area contributed by atoms with Gasteiger partial charge in [0.25, 0.3) is 0 Å². The minimum Gasteiger partial charge on any atom is -0.312 e. The molecule has 1 aromatic rings. The molecule has 0 atom stereocenters. The van der Waals surface area contributed by atoms with E-state index in [0.29, 0.717) is 30.1 Å². The molecule has 0 aliphatic carbocycles. The molecule has 14 heavy (non-hydrogen) atoms. The van der Waals surface area contributed by atoms with E-state index in [1.807, 2.05) is 0 Å². The second-order valence-electron chi connectivity index (χ2n) is 2.87. The summed E-state index contributed by atoms with van der Waals surface area (Å²) in [5.41, 5.74) is 0.603. The summed E-state index contributed by atoms with van der Waals surface area (Å²) in [5.74, 6) is 2.21. The van der Waals surface area contributed by atoms with Gasteiger partial charge in [-0.25, -0.2) is 4.39 Å². The van der Waals surface area contributed by atoms with Crippen molar-refractivity contribution in [2.45, 2.75) is 13.0 Å². The lowest BCUT2D eigenvalue weighted by molar-refractivity contribution is 0.590. The van der Waals surface area contributed by atoms with Gasteiger partial charge in [0, 0.05) is 30.1 Å². The van der Waals surface area contributed by atoms with E-state index in [4.69, 9.17) is 18.0 Å². The molecular weight excluding hydrogens is 201 g/mol. The Bertz CT molecular complexity index is 344. The van der Waals surface area contributed by atoms with E-state index < -0.39 is 0 Å². The Balaban J connectivity index is 2.47. The first-order valence-electron chi connectivity index (χ1n) is 4.32. The highest BCUT2D eigenvalue weighted by Gasteiger charge is 2.01. The molecule has 0 aromatic heterocycles. The SMILES string of the molecule is C#CCCNCc1ccc(Cl)cc1F. The van der Waals surface area contributed by atoms with Crippen LogP contribution in [0.2, 0.25) is 5.02 Å². The Morgan fingerprint density at radius 2 is 2.29 bits per heavy atom. The van der Waals surface area contributed by atoms with Crippen LogP contribution in [0.4, 0.5) is 4.39 Å². The normalized spacial score (nSPS) is 9.79. The maximum absolute atomic E-state index is 13.2. The number of rotatable bonds is 4. The second kappa shape index (κ2) is 5.64. The quantitative estimate of drug-likeness (QED) is 0.596. The molecule has 1 aromatic carbocycles. The molecule has 1 rings (SSSR count). The van der Waals surface area contributed by atoms with Crippen molar-refractivity contribution in [2.24, 2.45) is 0 Å². The molecule has 0 saturated heterocycles. The topological polar surface area (TPSA) is 12.0 Å². The highest BCUT2D eigenvalue weighted by Crippen LogP contribution is 2.14. The molecule has 1 nitrogen and oxygen atoms in total. The molecule has 0 heterocycles. The van der Waals surface area contributed by atoms with Crippen LogP contribution in [0.25, 0.3) is 0 Å². The van der Waals surface area contributed by atoms with Crippen molar-refractivity contribution >= 4 is 11.6 Å². The first kappa shape index (κ1) is 11.0. The lowest BCUT2D eigenvalue weighted by atomic mass is 10.2. The van der Waals surface area contributed by atoms with Crippen molar-refractivity contribution in [3.05, 3.63) is 34.6 Å². The highest BCUT2D eigenvalue weighted by molar-refractivity contribution is 6.30. The summed E-state index contributed by atoms with van der Waals surface area (Å²) in [4.78, 5) is 0. The molecule has 0 saturated carbocycles. The number of hydrogen-bond donors (Lipinski definition) is 1. The smallest absolute Gasteiger partial charge is 0.129 e. The van der Waals surface area contributed by atoms with Gasteiger partial charge in [-0.05, 0) is 12.1 Å². The maximum atomic E-state index is 13.2. The average Bonchev–Trinajstić information content (AvgIpc) is 2.15. The van der Waals surface area contributed by atoms with Crippen molar-refractivity contribution < 1.29 is 4.39 Å². The zero-order valence-corrected chi connectivity index (χ0v) is 8.44. The fourth-order valence-electron chi connectivity index (χ4n) is 1.05.